The molecule has 210 valence electrons. The van der Waals surface area contributed by atoms with Crippen LogP contribution in [0.4, 0.5) is 4.79 Å². The fraction of sp³-hybridized carbons (Fsp3) is 0.514. The van der Waals surface area contributed by atoms with Crippen LogP contribution in [0.5, 0.6) is 0 Å². The molecule has 0 bridgehead atoms. The molecule has 0 aromatic heterocycles. The summed E-state index contributed by atoms with van der Waals surface area (Å²) in [4.78, 5) is 39.0. The lowest BCUT2D eigenvalue weighted by atomic mass is 9.46. The van der Waals surface area contributed by atoms with Crippen LogP contribution in [0.3, 0.4) is 0 Å². The van der Waals surface area contributed by atoms with Gasteiger partial charge < -0.3 is 10.1 Å². The minimum atomic E-state index is -0.424. The molecule has 5 heteroatoms. The highest BCUT2D eigenvalue weighted by Gasteiger charge is 2.63. The maximum Gasteiger partial charge on any atom is 0.408 e. The Kier molecular flexibility index (Phi) is 6.96. The van der Waals surface area contributed by atoms with E-state index < -0.39 is 6.09 Å². The Bertz CT molecular complexity index is 1280. The summed E-state index contributed by atoms with van der Waals surface area (Å²) in [5, 5.41) is 3.19. The minimum absolute atomic E-state index is 0.00618. The standard InChI is InChI=1S/C35H41NO4/c1-22(37)28-16-17-29-27-15-14-25-20-26(38)18-19-34(25,2)31(27)30(21-35(28,29)3)40-33(39)36-32(23-10-6-4-7-11-23)24-12-8-5-9-13-24/h4-13,20,27-32H,14-19,21H2,1-3H3,(H,36,39)/t27-,28+,29-,30?,31+,34-,35+/m0/s1. The zero-order chi connectivity index (χ0) is 28.1. The van der Waals surface area contributed by atoms with E-state index in [1.54, 1.807) is 6.92 Å². The maximum atomic E-state index is 13.8. The van der Waals surface area contributed by atoms with Gasteiger partial charge in [0, 0.05) is 18.3 Å². The number of hydrogen-bond donors (Lipinski definition) is 1. The zero-order valence-electron chi connectivity index (χ0n) is 23.9. The van der Waals surface area contributed by atoms with Crippen molar-refractivity contribution >= 4 is 17.7 Å². The van der Waals surface area contributed by atoms with Crippen LogP contribution in [-0.4, -0.2) is 23.8 Å². The topological polar surface area (TPSA) is 72.5 Å². The quantitative estimate of drug-likeness (QED) is 0.435. The van der Waals surface area contributed by atoms with Gasteiger partial charge >= 0.3 is 6.09 Å². The minimum Gasteiger partial charge on any atom is -0.446 e. The third-order valence-corrected chi connectivity index (χ3v) is 11.1. The maximum absolute atomic E-state index is 13.8. The van der Waals surface area contributed by atoms with E-state index in [9.17, 15) is 14.4 Å². The molecule has 4 aliphatic carbocycles. The summed E-state index contributed by atoms with van der Waals surface area (Å²) < 4.78 is 6.50. The number of ketones is 2. The molecule has 3 fully saturated rings. The van der Waals surface area contributed by atoms with Crippen molar-refractivity contribution in [3.05, 3.63) is 83.4 Å². The molecule has 1 amide bonds. The van der Waals surface area contributed by atoms with Gasteiger partial charge in [-0.05, 0) is 85.3 Å². The number of rotatable bonds is 5. The van der Waals surface area contributed by atoms with Gasteiger partial charge in [-0.25, -0.2) is 4.79 Å². The van der Waals surface area contributed by atoms with E-state index in [-0.39, 0.29) is 46.4 Å². The van der Waals surface area contributed by atoms with Gasteiger partial charge in [0.1, 0.15) is 11.9 Å². The van der Waals surface area contributed by atoms with Gasteiger partial charge in [-0.1, -0.05) is 80.1 Å². The number of carbonyl (C=O) groups excluding carboxylic acids is 3. The Morgan fingerprint density at radius 3 is 2.20 bits per heavy atom. The zero-order valence-corrected chi connectivity index (χ0v) is 23.9. The van der Waals surface area contributed by atoms with Crippen LogP contribution >= 0.6 is 0 Å². The lowest BCUT2D eigenvalue weighted by Gasteiger charge is -2.60. The van der Waals surface area contributed by atoms with E-state index in [1.165, 1.54) is 5.57 Å². The van der Waals surface area contributed by atoms with Crippen LogP contribution in [0.15, 0.2) is 72.3 Å². The fourth-order valence-corrected chi connectivity index (χ4v) is 9.37. The number of amides is 1. The Morgan fingerprint density at radius 1 is 0.925 bits per heavy atom. The summed E-state index contributed by atoms with van der Waals surface area (Å²) in [5.41, 5.74) is 2.86. The van der Waals surface area contributed by atoms with Crippen molar-refractivity contribution in [2.75, 3.05) is 0 Å². The average Bonchev–Trinajstić information content (AvgIpc) is 3.30. The number of alkyl carbamates (subject to hydrolysis) is 1. The third-order valence-electron chi connectivity index (χ3n) is 11.1. The molecule has 4 aliphatic rings. The van der Waals surface area contributed by atoms with Gasteiger partial charge in [-0.3, -0.25) is 9.59 Å². The first-order valence-electron chi connectivity index (χ1n) is 15.0. The lowest BCUT2D eigenvalue weighted by Crippen LogP contribution is -2.58. The monoisotopic (exact) mass is 539 g/mol. The normalized spacial score (nSPS) is 34.8. The molecule has 0 aliphatic heterocycles. The number of allylic oxidation sites excluding steroid dienone is 1. The van der Waals surface area contributed by atoms with E-state index in [4.69, 9.17) is 4.74 Å². The van der Waals surface area contributed by atoms with Crippen molar-refractivity contribution in [3.63, 3.8) is 0 Å². The molecule has 2 aromatic carbocycles. The van der Waals surface area contributed by atoms with E-state index in [0.29, 0.717) is 24.7 Å². The van der Waals surface area contributed by atoms with E-state index in [0.717, 1.165) is 43.2 Å². The predicted molar refractivity (Wildman–Crippen MR) is 154 cm³/mol. The molecular weight excluding hydrogens is 498 g/mol. The van der Waals surface area contributed by atoms with Crippen molar-refractivity contribution in [2.45, 2.75) is 77.9 Å². The molecule has 5 nitrogen and oxygen atoms in total. The summed E-state index contributed by atoms with van der Waals surface area (Å²) in [5.74, 6) is 1.43. The molecule has 7 atom stereocenters. The second-order valence-electron chi connectivity index (χ2n) is 13.2. The van der Waals surface area contributed by atoms with E-state index in [2.05, 4.69) is 19.2 Å². The Morgan fingerprint density at radius 2 is 1.57 bits per heavy atom. The van der Waals surface area contributed by atoms with Crippen LogP contribution in [0.1, 0.15) is 82.9 Å². The summed E-state index contributed by atoms with van der Waals surface area (Å²) in [6.45, 7) is 6.30. The Labute approximate surface area is 237 Å². The molecule has 0 heterocycles. The molecule has 2 aromatic rings. The van der Waals surface area contributed by atoms with E-state index >= 15 is 0 Å². The summed E-state index contributed by atoms with van der Waals surface area (Å²) in [7, 11) is 0. The van der Waals surface area contributed by atoms with Crippen LogP contribution in [-0.2, 0) is 14.3 Å². The van der Waals surface area contributed by atoms with Gasteiger partial charge in [-0.2, -0.15) is 0 Å². The molecule has 0 spiro atoms. The number of benzene rings is 2. The lowest BCUT2D eigenvalue weighted by molar-refractivity contribution is -0.144. The van der Waals surface area contributed by atoms with Crippen LogP contribution in [0, 0.1) is 34.5 Å². The van der Waals surface area contributed by atoms with Gasteiger partial charge in [0.2, 0.25) is 0 Å². The first kappa shape index (κ1) is 27.0. The molecule has 0 radical (unpaired) electrons. The number of Topliss-reactive ketones (excluding diaryl/α,β-unsaturated/α-hetero) is 1. The third kappa shape index (κ3) is 4.52. The Hall–Kier alpha value is -3.21. The second kappa shape index (κ2) is 10.3. The Balaban J connectivity index is 1.34. The molecule has 1 N–H and O–H groups in total. The van der Waals surface area contributed by atoms with Crippen molar-refractivity contribution < 1.29 is 19.1 Å². The SMILES string of the molecule is CC(=O)[C@H]1CC[C@H]2[C@@H]3CCC4=CC(=O)CC[C@]4(C)[C@H]3C(OC(=O)NC(c3ccccc3)c3ccccc3)C[C@]12C. The highest BCUT2D eigenvalue weighted by atomic mass is 16.6. The van der Waals surface area contributed by atoms with Crippen molar-refractivity contribution in [1.82, 2.24) is 5.32 Å². The number of ether oxygens (including phenoxy) is 1. The van der Waals surface area contributed by atoms with Crippen LogP contribution < -0.4 is 5.32 Å². The summed E-state index contributed by atoms with van der Waals surface area (Å²) >= 11 is 0. The molecule has 40 heavy (non-hydrogen) atoms. The predicted octanol–water partition coefficient (Wildman–Crippen LogP) is 7.22. The fourth-order valence-electron chi connectivity index (χ4n) is 9.37. The second-order valence-corrected chi connectivity index (χ2v) is 13.2. The molecular formula is C35H41NO4. The number of fused-ring (bicyclic) bond motifs is 5. The smallest absolute Gasteiger partial charge is 0.408 e. The van der Waals surface area contributed by atoms with Crippen LogP contribution in [0.25, 0.3) is 0 Å². The highest BCUT2D eigenvalue weighted by molar-refractivity contribution is 5.91. The van der Waals surface area contributed by atoms with Crippen molar-refractivity contribution in [2.24, 2.45) is 34.5 Å². The molecule has 1 unspecified atom stereocenters. The molecule has 6 rings (SSSR count). The average molecular weight is 540 g/mol. The van der Waals surface area contributed by atoms with Gasteiger partial charge in [0.25, 0.3) is 0 Å². The van der Waals surface area contributed by atoms with Gasteiger partial charge in [0.15, 0.2) is 5.78 Å². The molecule has 3 saturated carbocycles. The first-order chi connectivity index (χ1) is 19.2. The van der Waals surface area contributed by atoms with E-state index in [1.807, 2.05) is 66.7 Å². The number of carbonyl (C=O) groups is 3. The summed E-state index contributed by atoms with van der Waals surface area (Å²) in [6.07, 6.45) is 7.06. The summed E-state index contributed by atoms with van der Waals surface area (Å²) in [6, 6.07) is 19.6. The molecule has 0 saturated heterocycles. The highest BCUT2D eigenvalue weighted by Crippen LogP contribution is 2.67. The van der Waals surface area contributed by atoms with Crippen LogP contribution in [0.2, 0.25) is 0 Å². The van der Waals surface area contributed by atoms with Gasteiger partial charge in [0.05, 0.1) is 6.04 Å². The van der Waals surface area contributed by atoms with Crippen molar-refractivity contribution in [1.29, 1.82) is 0 Å². The number of hydrogen-bond acceptors (Lipinski definition) is 4. The number of nitrogens with one attached hydrogen (secondary N) is 1. The largest absolute Gasteiger partial charge is 0.446 e. The first-order valence-corrected chi connectivity index (χ1v) is 15.0. The van der Waals surface area contributed by atoms with Crippen molar-refractivity contribution in [3.8, 4) is 0 Å². The van der Waals surface area contributed by atoms with Gasteiger partial charge in [-0.15, -0.1) is 0 Å².